The topological polar surface area (TPSA) is 81.0 Å². The van der Waals surface area contributed by atoms with Crippen LogP contribution in [0, 0.1) is 5.82 Å². The van der Waals surface area contributed by atoms with Crippen molar-refractivity contribution in [1.29, 1.82) is 0 Å². The van der Waals surface area contributed by atoms with Crippen LogP contribution in [0.3, 0.4) is 0 Å². The lowest BCUT2D eigenvalue weighted by atomic mass is 10.2. The fourth-order valence-corrected chi connectivity index (χ4v) is 2.75. The van der Waals surface area contributed by atoms with E-state index in [1.54, 1.807) is 18.2 Å². The molecule has 1 aromatic heterocycles. The average molecular weight is 319 g/mol. The number of thioether (sulfide) groups is 1. The number of carbonyl (C=O) groups excluding carboxylic acids is 2. The zero-order valence-corrected chi connectivity index (χ0v) is 12.0. The third-order valence-electron chi connectivity index (χ3n) is 2.99. The molecule has 2 heterocycles. The van der Waals surface area contributed by atoms with Crippen molar-refractivity contribution in [2.24, 2.45) is 0 Å². The number of hydrogen-bond donors (Lipinski definition) is 0. The lowest BCUT2D eigenvalue weighted by Crippen LogP contribution is -2.31. The minimum atomic E-state index is -0.368. The van der Waals surface area contributed by atoms with E-state index < -0.39 is 0 Å². The lowest BCUT2D eigenvalue weighted by Gasteiger charge is -2.11. The minimum Gasteiger partial charge on any atom is -0.268 e. The molecule has 3 rings (SSSR count). The Balaban J connectivity index is 1.72. The Bertz CT molecular complexity index is 729. The number of benzene rings is 1. The quantitative estimate of drug-likeness (QED) is 0.795. The largest absolute Gasteiger partial charge is 0.293 e. The van der Waals surface area contributed by atoms with Gasteiger partial charge < -0.3 is 0 Å². The van der Waals surface area contributed by atoms with Crippen molar-refractivity contribution in [3.05, 3.63) is 46.9 Å². The van der Waals surface area contributed by atoms with Crippen LogP contribution < -0.4 is 0 Å². The summed E-state index contributed by atoms with van der Waals surface area (Å²) in [6.45, 7) is 0.519. The van der Waals surface area contributed by atoms with Crippen molar-refractivity contribution in [2.75, 3.05) is 6.54 Å². The Hall–Kier alpha value is -2.55. The van der Waals surface area contributed by atoms with Gasteiger partial charge in [0.25, 0.3) is 11.1 Å². The number of nitrogens with zero attached hydrogens (tertiary/aromatic N) is 5. The van der Waals surface area contributed by atoms with Crippen LogP contribution in [0.5, 0.6) is 0 Å². The van der Waals surface area contributed by atoms with Gasteiger partial charge >= 0.3 is 0 Å². The van der Waals surface area contributed by atoms with E-state index in [0.717, 1.165) is 16.7 Å². The molecule has 1 aliphatic rings. The van der Waals surface area contributed by atoms with Crippen LogP contribution in [-0.2, 0) is 11.3 Å². The Morgan fingerprint density at radius 2 is 1.95 bits per heavy atom. The van der Waals surface area contributed by atoms with Gasteiger partial charge in [-0.05, 0) is 46.0 Å². The Morgan fingerprint density at radius 3 is 2.64 bits per heavy atom. The van der Waals surface area contributed by atoms with Gasteiger partial charge in [0, 0.05) is 6.54 Å². The summed E-state index contributed by atoms with van der Waals surface area (Å²) in [5.41, 5.74) is 0.660. The summed E-state index contributed by atoms with van der Waals surface area (Å²) < 4.78 is 14.3. The molecule has 0 aliphatic carbocycles. The number of hydrogen-bond acceptors (Lipinski definition) is 6. The van der Waals surface area contributed by atoms with E-state index in [1.165, 1.54) is 23.1 Å². The van der Waals surface area contributed by atoms with Gasteiger partial charge in [-0.1, -0.05) is 12.1 Å². The molecule has 2 aromatic rings. The first-order valence-electron chi connectivity index (χ1n) is 6.35. The second-order valence-corrected chi connectivity index (χ2v) is 5.45. The fraction of sp³-hybridized carbons (Fsp3) is 0.154. The molecule has 112 valence electrons. The Kier molecular flexibility index (Phi) is 3.96. The molecule has 0 saturated carbocycles. The van der Waals surface area contributed by atoms with Gasteiger partial charge in [-0.2, -0.15) is 0 Å². The van der Waals surface area contributed by atoms with Gasteiger partial charge in [-0.15, -0.1) is 5.10 Å². The molecular formula is C13H10FN5O2S. The van der Waals surface area contributed by atoms with Crippen molar-refractivity contribution in [2.45, 2.75) is 6.54 Å². The SMILES string of the molecule is O=C1SC(=Cc2ccc(F)cc2)C(=O)N1CCn1cnnn1. The maximum atomic E-state index is 12.9. The predicted molar refractivity (Wildman–Crippen MR) is 76.9 cm³/mol. The highest BCUT2D eigenvalue weighted by molar-refractivity contribution is 8.18. The monoisotopic (exact) mass is 319 g/mol. The summed E-state index contributed by atoms with van der Waals surface area (Å²) in [5, 5.41) is 10.3. The van der Waals surface area contributed by atoms with E-state index >= 15 is 0 Å². The maximum absolute atomic E-state index is 12.9. The molecule has 1 fully saturated rings. The number of carbonyl (C=O) groups is 2. The normalized spacial score (nSPS) is 16.8. The van der Waals surface area contributed by atoms with E-state index in [-0.39, 0.29) is 23.5 Å². The third-order valence-corrected chi connectivity index (χ3v) is 3.89. The summed E-state index contributed by atoms with van der Waals surface area (Å²) in [5.74, 6) is -0.723. The highest BCUT2D eigenvalue weighted by atomic mass is 32.2. The van der Waals surface area contributed by atoms with Crippen LogP contribution in [0.2, 0.25) is 0 Å². The summed E-state index contributed by atoms with van der Waals surface area (Å²) in [6, 6.07) is 5.69. The van der Waals surface area contributed by atoms with Crippen LogP contribution in [0.25, 0.3) is 6.08 Å². The predicted octanol–water partition coefficient (Wildman–Crippen LogP) is 1.55. The Labute approximate surface area is 128 Å². The molecule has 0 radical (unpaired) electrons. The first kappa shape index (κ1) is 14.4. The molecule has 0 spiro atoms. The van der Waals surface area contributed by atoms with Gasteiger partial charge in [0.05, 0.1) is 11.4 Å². The summed E-state index contributed by atoms with van der Waals surface area (Å²) in [4.78, 5) is 25.6. The van der Waals surface area contributed by atoms with Crippen molar-refractivity contribution >= 4 is 29.0 Å². The molecule has 22 heavy (non-hydrogen) atoms. The molecule has 0 bridgehead atoms. The molecule has 2 amide bonds. The van der Waals surface area contributed by atoms with Crippen molar-refractivity contribution in [3.63, 3.8) is 0 Å². The maximum Gasteiger partial charge on any atom is 0.293 e. The zero-order chi connectivity index (χ0) is 15.5. The number of tetrazole rings is 1. The lowest BCUT2D eigenvalue weighted by molar-refractivity contribution is -0.122. The second kappa shape index (κ2) is 6.06. The van der Waals surface area contributed by atoms with Crippen LogP contribution >= 0.6 is 11.8 Å². The average Bonchev–Trinajstić information content (AvgIpc) is 3.10. The molecule has 0 unspecified atom stereocenters. The Morgan fingerprint density at radius 1 is 1.18 bits per heavy atom. The molecule has 0 N–H and O–H groups in total. The molecular weight excluding hydrogens is 309 g/mol. The van der Waals surface area contributed by atoms with E-state index in [2.05, 4.69) is 15.5 Å². The van der Waals surface area contributed by atoms with Crippen LogP contribution in [0.1, 0.15) is 5.56 Å². The van der Waals surface area contributed by atoms with Gasteiger partial charge in [-0.3, -0.25) is 14.5 Å². The number of rotatable bonds is 4. The number of aromatic nitrogens is 4. The van der Waals surface area contributed by atoms with Gasteiger partial charge in [0.1, 0.15) is 12.1 Å². The standard InChI is InChI=1S/C13H10FN5O2S/c14-10-3-1-9(2-4-10)7-11-12(20)19(13(21)22-11)6-5-18-8-15-16-17-18/h1-4,7-8H,5-6H2. The van der Waals surface area contributed by atoms with Gasteiger partial charge in [-0.25, -0.2) is 9.07 Å². The first-order chi connectivity index (χ1) is 10.6. The third kappa shape index (κ3) is 3.03. The van der Waals surface area contributed by atoms with Crippen LogP contribution in [0.15, 0.2) is 35.5 Å². The smallest absolute Gasteiger partial charge is 0.268 e. The summed E-state index contributed by atoms with van der Waals surface area (Å²) in [6.07, 6.45) is 2.98. The molecule has 1 aromatic carbocycles. The number of imide groups is 1. The van der Waals surface area contributed by atoms with Crippen molar-refractivity contribution in [3.8, 4) is 0 Å². The first-order valence-corrected chi connectivity index (χ1v) is 7.17. The highest BCUT2D eigenvalue weighted by Crippen LogP contribution is 2.32. The van der Waals surface area contributed by atoms with E-state index in [9.17, 15) is 14.0 Å². The number of amides is 2. The molecule has 7 nitrogen and oxygen atoms in total. The number of halogens is 1. The van der Waals surface area contributed by atoms with E-state index in [0.29, 0.717) is 17.0 Å². The zero-order valence-electron chi connectivity index (χ0n) is 11.2. The van der Waals surface area contributed by atoms with Gasteiger partial charge in [0.2, 0.25) is 0 Å². The van der Waals surface area contributed by atoms with Crippen molar-refractivity contribution in [1.82, 2.24) is 25.1 Å². The van der Waals surface area contributed by atoms with Crippen LogP contribution in [-0.4, -0.2) is 42.8 Å². The molecule has 1 saturated heterocycles. The van der Waals surface area contributed by atoms with Crippen molar-refractivity contribution < 1.29 is 14.0 Å². The highest BCUT2D eigenvalue weighted by Gasteiger charge is 2.34. The minimum absolute atomic E-state index is 0.191. The fourth-order valence-electron chi connectivity index (χ4n) is 1.89. The summed E-state index contributed by atoms with van der Waals surface area (Å²) >= 11 is 0.862. The van der Waals surface area contributed by atoms with E-state index in [4.69, 9.17) is 0 Å². The molecule has 0 atom stereocenters. The second-order valence-electron chi connectivity index (χ2n) is 4.46. The summed E-state index contributed by atoms with van der Waals surface area (Å²) in [7, 11) is 0. The van der Waals surface area contributed by atoms with Crippen LogP contribution in [0.4, 0.5) is 9.18 Å². The van der Waals surface area contributed by atoms with E-state index in [1.807, 2.05) is 0 Å². The molecule has 1 aliphatic heterocycles. The molecule has 9 heteroatoms. The van der Waals surface area contributed by atoms with Gasteiger partial charge in [0.15, 0.2) is 0 Å².